The van der Waals surface area contributed by atoms with Crippen LogP contribution in [0.4, 0.5) is 23.2 Å². The van der Waals surface area contributed by atoms with Gasteiger partial charge in [0.25, 0.3) is 5.91 Å². The van der Waals surface area contributed by atoms with Gasteiger partial charge in [-0.1, -0.05) is 11.6 Å². The minimum absolute atomic E-state index is 0.0855. The molecule has 1 heterocycles. The zero-order valence-corrected chi connectivity index (χ0v) is 20.9. The van der Waals surface area contributed by atoms with E-state index in [1.165, 1.54) is 30.1 Å². The van der Waals surface area contributed by atoms with Crippen LogP contribution >= 0.6 is 23.5 Å². The van der Waals surface area contributed by atoms with Gasteiger partial charge in [-0.15, -0.1) is 13.2 Å². The molecular formula is C24H25ClF4N4O2S. The maximum Gasteiger partial charge on any atom is 0.573 e. The maximum atomic E-state index is 14.8. The Morgan fingerprint density at radius 3 is 2.61 bits per heavy atom. The Hall–Kier alpha value is -2.50. The number of alkyl halides is 3. The van der Waals surface area contributed by atoms with Crippen molar-refractivity contribution in [1.82, 2.24) is 9.62 Å². The molecular weight excluding hydrogens is 520 g/mol. The van der Waals surface area contributed by atoms with Crippen molar-refractivity contribution < 1.29 is 27.1 Å². The van der Waals surface area contributed by atoms with Crippen LogP contribution in [0.15, 0.2) is 30.3 Å². The molecule has 36 heavy (non-hydrogen) atoms. The van der Waals surface area contributed by atoms with Gasteiger partial charge in [-0.3, -0.25) is 14.4 Å². The Bertz CT molecular complexity index is 1160. The molecule has 3 N–H and O–H groups in total. The van der Waals surface area contributed by atoms with E-state index in [0.29, 0.717) is 48.1 Å². The monoisotopic (exact) mass is 544 g/mol. The molecule has 6 nitrogen and oxygen atoms in total. The number of anilines is 1. The van der Waals surface area contributed by atoms with Crippen LogP contribution < -0.4 is 14.8 Å². The number of nitrogens with one attached hydrogen (secondary N) is 3. The van der Waals surface area contributed by atoms with Crippen LogP contribution in [-0.2, 0) is 6.54 Å². The lowest BCUT2D eigenvalue weighted by Crippen LogP contribution is -2.27. The molecule has 1 amide bonds. The third-order valence-corrected chi connectivity index (χ3v) is 7.13. The molecule has 0 spiro atoms. The van der Waals surface area contributed by atoms with Crippen LogP contribution in [0, 0.1) is 11.2 Å². The molecule has 0 radical (unpaired) electrons. The van der Waals surface area contributed by atoms with E-state index >= 15 is 0 Å². The quantitative estimate of drug-likeness (QED) is 0.205. The summed E-state index contributed by atoms with van der Waals surface area (Å²) in [6, 6.07) is 6.54. The summed E-state index contributed by atoms with van der Waals surface area (Å²) in [5, 5.41) is 11.9. The topological polar surface area (TPSA) is 77.5 Å². The van der Waals surface area contributed by atoms with E-state index in [0.717, 1.165) is 18.9 Å². The molecule has 1 saturated carbocycles. The number of halogens is 5. The number of carbonyl (C=O) groups is 1. The molecule has 1 saturated heterocycles. The Morgan fingerprint density at radius 1 is 1.19 bits per heavy atom. The van der Waals surface area contributed by atoms with Gasteiger partial charge >= 0.3 is 6.36 Å². The van der Waals surface area contributed by atoms with Crippen LogP contribution in [-0.4, -0.2) is 47.3 Å². The van der Waals surface area contributed by atoms with Crippen molar-refractivity contribution in [2.75, 3.05) is 18.4 Å². The van der Waals surface area contributed by atoms with Crippen molar-refractivity contribution in [3.8, 4) is 5.75 Å². The van der Waals surface area contributed by atoms with Gasteiger partial charge in [0.2, 0.25) is 0 Å². The largest absolute Gasteiger partial charge is 0.573 e. The number of ether oxygens (including phenoxy) is 1. The molecule has 1 aliphatic heterocycles. The second kappa shape index (κ2) is 10.9. The van der Waals surface area contributed by atoms with Crippen molar-refractivity contribution in [2.45, 2.75) is 50.4 Å². The molecule has 2 fully saturated rings. The van der Waals surface area contributed by atoms with Crippen molar-refractivity contribution in [1.29, 1.82) is 5.41 Å². The molecule has 12 heteroatoms. The molecule has 1 atom stereocenters. The fourth-order valence-electron chi connectivity index (χ4n) is 4.03. The van der Waals surface area contributed by atoms with Crippen molar-refractivity contribution in [3.05, 3.63) is 57.9 Å². The van der Waals surface area contributed by atoms with Crippen LogP contribution in [0.1, 0.15) is 47.7 Å². The first-order chi connectivity index (χ1) is 17.0. The highest BCUT2D eigenvalue weighted by atomic mass is 35.5. The molecule has 1 aliphatic carbocycles. The summed E-state index contributed by atoms with van der Waals surface area (Å²) in [5.41, 5.74) is 1.50. The minimum atomic E-state index is -4.81. The summed E-state index contributed by atoms with van der Waals surface area (Å²) in [6.45, 7) is 3.12. The van der Waals surface area contributed by atoms with Crippen molar-refractivity contribution in [3.63, 3.8) is 0 Å². The van der Waals surface area contributed by atoms with E-state index in [1.54, 1.807) is 13.0 Å². The van der Waals surface area contributed by atoms with E-state index in [-0.39, 0.29) is 28.1 Å². The van der Waals surface area contributed by atoms with Crippen LogP contribution in [0.2, 0.25) is 5.02 Å². The number of hydrogen-bond acceptors (Lipinski definition) is 6. The van der Waals surface area contributed by atoms with Gasteiger partial charge in [0, 0.05) is 52.9 Å². The lowest BCUT2D eigenvalue weighted by molar-refractivity contribution is -0.274. The van der Waals surface area contributed by atoms with Gasteiger partial charge in [-0.05, 0) is 74.0 Å². The van der Waals surface area contributed by atoms with E-state index < -0.39 is 18.1 Å². The van der Waals surface area contributed by atoms with E-state index in [4.69, 9.17) is 17.0 Å². The predicted molar refractivity (Wildman–Crippen MR) is 132 cm³/mol. The first kappa shape index (κ1) is 26.6. The number of rotatable bonds is 9. The summed E-state index contributed by atoms with van der Waals surface area (Å²) in [4.78, 5) is 14.5. The standard InChI is InChI=1S/C24H25ClF4N4O2S/c1-13(30)19-9-20(23(34)32-36-18-2-3-18)21(26)10-22(19)31-16-4-5-33(12-16)11-14-6-15(25)8-17(7-14)35-24(27,28)29/h6-10,16,18,30-31H,2-5,11-12H2,1H3,(H,32,34). The normalized spacial score (nSPS) is 18.2. The number of likely N-dealkylation sites (tertiary alicyclic amines) is 1. The zero-order chi connectivity index (χ0) is 26.0. The second-order valence-electron chi connectivity index (χ2n) is 8.96. The third kappa shape index (κ3) is 7.27. The van der Waals surface area contributed by atoms with Crippen LogP contribution in [0.5, 0.6) is 5.75 Å². The molecule has 194 valence electrons. The number of benzene rings is 2. The van der Waals surface area contributed by atoms with Gasteiger partial charge in [0.1, 0.15) is 11.6 Å². The molecule has 0 bridgehead atoms. The fraction of sp³-hybridized carbons (Fsp3) is 0.417. The van der Waals surface area contributed by atoms with E-state index in [1.807, 2.05) is 4.90 Å². The summed E-state index contributed by atoms with van der Waals surface area (Å²) >= 11 is 7.26. The summed E-state index contributed by atoms with van der Waals surface area (Å²) in [6.07, 6.45) is -2.06. The fourth-order valence-corrected chi connectivity index (χ4v) is 5.03. The van der Waals surface area contributed by atoms with Gasteiger partial charge in [0.05, 0.1) is 5.56 Å². The molecule has 2 aromatic rings. The van der Waals surface area contributed by atoms with Crippen molar-refractivity contribution >= 4 is 40.9 Å². The second-order valence-corrected chi connectivity index (χ2v) is 10.5. The third-order valence-electron chi connectivity index (χ3n) is 5.80. The highest BCUT2D eigenvalue weighted by molar-refractivity contribution is 7.98. The molecule has 2 aliphatic rings. The maximum absolute atomic E-state index is 14.8. The van der Waals surface area contributed by atoms with Gasteiger partial charge in [0.15, 0.2) is 0 Å². The summed E-state index contributed by atoms with van der Waals surface area (Å²) < 4.78 is 59.2. The Morgan fingerprint density at radius 2 is 1.94 bits per heavy atom. The first-order valence-electron chi connectivity index (χ1n) is 11.4. The molecule has 0 aromatic heterocycles. The average molecular weight is 545 g/mol. The smallest absolute Gasteiger partial charge is 0.406 e. The van der Waals surface area contributed by atoms with Crippen LogP contribution in [0.3, 0.4) is 0 Å². The highest BCUT2D eigenvalue weighted by Gasteiger charge is 2.32. The summed E-state index contributed by atoms with van der Waals surface area (Å²) in [5.74, 6) is -1.58. The number of nitrogens with zero attached hydrogens (tertiary/aromatic N) is 1. The number of amides is 1. The van der Waals surface area contributed by atoms with E-state index in [9.17, 15) is 22.4 Å². The van der Waals surface area contributed by atoms with Gasteiger partial charge < -0.3 is 15.5 Å². The highest BCUT2D eigenvalue weighted by Crippen LogP contribution is 2.33. The predicted octanol–water partition coefficient (Wildman–Crippen LogP) is 5.99. The van der Waals surface area contributed by atoms with Crippen LogP contribution in [0.25, 0.3) is 0 Å². The Labute approximate surface area is 215 Å². The Balaban J connectivity index is 1.41. The molecule has 4 rings (SSSR count). The first-order valence-corrected chi connectivity index (χ1v) is 12.6. The molecule has 1 unspecified atom stereocenters. The van der Waals surface area contributed by atoms with Crippen molar-refractivity contribution in [2.24, 2.45) is 0 Å². The van der Waals surface area contributed by atoms with Gasteiger partial charge in [-0.2, -0.15) is 0 Å². The van der Waals surface area contributed by atoms with Gasteiger partial charge in [-0.25, -0.2) is 4.39 Å². The Kier molecular flexibility index (Phi) is 8.01. The molecule has 2 aromatic carbocycles. The number of carbonyl (C=O) groups excluding carboxylic acids is 1. The summed E-state index contributed by atoms with van der Waals surface area (Å²) in [7, 11) is 0. The lowest BCUT2D eigenvalue weighted by Gasteiger charge is -2.20. The number of hydrogen-bond donors (Lipinski definition) is 3. The SMILES string of the molecule is CC(=N)c1cc(C(=O)NSC2CC2)c(F)cc1NC1CCN(Cc2cc(Cl)cc(OC(F)(F)F)c2)C1. The average Bonchev–Trinajstić information content (AvgIpc) is 3.49. The zero-order valence-electron chi connectivity index (χ0n) is 19.3. The lowest BCUT2D eigenvalue weighted by atomic mass is 10.0. The van der Waals surface area contributed by atoms with E-state index in [2.05, 4.69) is 14.8 Å². The minimum Gasteiger partial charge on any atom is -0.406 e.